The number of carbonyl (C=O) groups is 3. The van der Waals surface area contributed by atoms with Crippen molar-refractivity contribution in [2.24, 2.45) is 17.8 Å². The molecular formula is C21H27NO6. The van der Waals surface area contributed by atoms with E-state index in [0.717, 1.165) is 19.3 Å². The van der Waals surface area contributed by atoms with Crippen molar-refractivity contribution in [3.05, 3.63) is 23.5 Å². The molecule has 4 saturated carbocycles. The van der Waals surface area contributed by atoms with E-state index in [1.54, 1.807) is 13.8 Å². The molecule has 0 aliphatic heterocycles. The van der Waals surface area contributed by atoms with Crippen LogP contribution in [0.5, 0.6) is 0 Å². The highest BCUT2D eigenvalue weighted by Crippen LogP contribution is 2.57. The second-order valence-corrected chi connectivity index (χ2v) is 8.40. The summed E-state index contributed by atoms with van der Waals surface area (Å²) in [5, 5.41) is 0. The van der Waals surface area contributed by atoms with E-state index in [1.807, 2.05) is 0 Å². The van der Waals surface area contributed by atoms with E-state index in [2.05, 4.69) is 0 Å². The molecule has 7 heteroatoms. The van der Waals surface area contributed by atoms with Crippen molar-refractivity contribution in [1.29, 1.82) is 0 Å². The van der Waals surface area contributed by atoms with Gasteiger partial charge in [-0.1, -0.05) is 0 Å². The first-order valence-corrected chi connectivity index (χ1v) is 10.2. The Labute approximate surface area is 164 Å². The summed E-state index contributed by atoms with van der Waals surface area (Å²) in [5.74, 6) is 0.621. The van der Waals surface area contributed by atoms with E-state index in [9.17, 15) is 14.4 Å². The first-order valence-electron chi connectivity index (χ1n) is 10.2. The summed E-state index contributed by atoms with van der Waals surface area (Å²) >= 11 is 0. The van der Waals surface area contributed by atoms with Crippen molar-refractivity contribution in [2.75, 3.05) is 13.2 Å². The molecule has 0 atom stereocenters. The molecule has 0 N–H and O–H groups in total. The fourth-order valence-electron chi connectivity index (χ4n) is 5.70. The van der Waals surface area contributed by atoms with Gasteiger partial charge in [0, 0.05) is 12.4 Å². The molecule has 152 valence electrons. The molecule has 0 amide bonds. The predicted molar refractivity (Wildman–Crippen MR) is 99.1 cm³/mol. The van der Waals surface area contributed by atoms with Crippen molar-refractivity contribution in [3.63, 3.8) is 0 Å². The van der Waals surface area contributed by atoms with Gasteiger partial charge < -0.3 is 14.2 Å². The molecule has 4 fully saturated rings. The van der Waals surface area contributed by atoms with E-state index in [0.29, 0.717) is 17.8 Å². The third kappa shape index (κ3) is 3.42. The van der Waals surface area contributed by atoms with Crippen LogP contribution < -0.4 is 0 Å². The molecule has 0 spiro atoms. The summed E-state index contributed by atoms with van der Waals surface area (Å²) in [7, 11) is 0. The summed E-state index contributed by atoms with van der Waals surface area (Å²) in [6.45, 7) is 3.70. The quantitative estimate of drug-likeness (QED) is 0.563. The zero-order valence-corrected chi connectivity index (χ0v) is 16.4. The maximum atomic E-state index is 12.9. The van der Waals surface area contributed by atoms with Crippen molar-refractivity contribution in [1.82, 2.24) is 4.57 Å². The fourth-order valence-corrected chi connectivity index (χ4v) is 5.70. The van der Waals surface area contributed by atoms with Gasteiger partial charge in [-0.3, -0.25) is 4.57 Å². The first-order chi connectivity index (χ1) is 13.4. The van der Waals surface area contributed by atoms with Crippen molar-refractivity contribution in [2.45, 2.75) is 58.0 Å². The fraction of sp³-hybridized carbons (Fsp3) is 0.667. The number of aromatic nitrogens is 1. The van der Waals surface area contributed by atoms with Crippen molar-refractivity contribution < 1.29 is 28.6 Å². The lowest BCUT2D eigenvalue weighted by Crippen LogP contribution is -2.53. The summed E-state index contributed by atoms with van der Waals surface area (Å²) < 4.78 is 17.2. The number of rotatable bonds is 5. The highest BCUT2D eigenvalue weighted by Gasteiger charge is 2.53. The topological polar surface area (TPSA) is 83.8 Å². The second kappa shape index (κ2) is 7.26. The number of hydrogen-bond donors (Lipinski definition) is 0. The molecule has 1 aromatic rings. The highest BCUT2D eigenvalue weighted by atomic mass is 16.6. The lowest BCUT2D eigenvalue weighted by molar-refractivity contribution is -0.127. The van der Waals surface area contributed by atoms with E-state index in [-0.39, 0.29) is 24.3 Å². The van der Waals surface area contributed by atoms with Crippen LogP contribution in [0.15, 0.2) is 12.4 Å². The Morgan fingerprint density at radius 2 is 1.32 bits per heavy atom. The largest absolute Gasteiger partial charge is 0.462 e. The molecule has 0 radical (unpaired) electrons. The highest BCUT2D eigenvalue weighted by molar-refractivity contribution is 6.04. The van der Waals surface area contributed by atoms with Gasteiger partial charge in [-0.05, 0) is 70.1 Å². The average Bonchev–Trinajstić information content (AvgIpc) is 3.06. The van der Waals surface area contributed by atoms with Gasteiger partial charge in [0.25, 0.3) is 0 Å². The first kappa shape index (κ1) is 19.0. The summed E-state index contributed by atoms with van der Waals surface area (Å²) in [6.07, 6.45) is 8.58. The molecule has 4 bridgehead atoms. The molecule has 7 nitrogen and oxygen atoms in total. The molecule has 4 aliphatic rings. The molecule has 0 unspecified atom stereocenters. The van der Waals surface area contributed by atoms with Crippen LogP contribution >= 0.6 is 0 Å². The van der Waals surface area contributed by atoms with Crippen LogP contribution in [0.3, 0.4) is 0 Å². The maximum absolute atomic E-state index is 12.9. The minimum Gasteiger partial charge on any atom is -0.462 e. The van der Waals surface area contributed by atoms with Crippen LogP contribution in [-0.2, 0) is 14.2 Å². The van der Waals surface area contributed by atoms with E-state index >= 15 is 0 Å². The molecule has 28 heavy (non-hydrogen) atoms. The summed E-state index contributed by atoms with van der Waals surface area (Å²) in [6, 6.07) is 0. The molecular weight excluding hydrogens is 362 g/mol. The maximum Gasteiger partial charge on any atom is 0.418 e. The molecule has 0 saturated heterocycles. The van der Waals surface area contributed by atoms with Crippen molar-refractivity contribution in [3.8, 4) is 0 Å². The number of nitrogens with zero attached hydrogens (tertiary/aromatic N) is 1. The average molecular weight is 389 g/mol. The van der Waals surface area contributed by atoms with Gasteiger partial charge >= 0.3 is 18.0 Å². The minimum atomic E-state index is -0.660. The number of ether oxygens (including phenoxy) is 3. The zero-order chi connectivity index (χ0) is 19.9. The third-order valence-corrected chi connectivity index (χ3v) is 6.31. The van der Waals surface area contributed by atoms with Gasteiger partial charge in [-0.25, -0.2) is 14.4 Å². The van der Waals surface area contributed by atoms with Crippen LogP contribution in [0.1, 0.15) is 73.1 Å². The Balaban J connectivity index is 1.56. The van der Waals surface area contributed by atoms with Crippen LogP contribution in [0.25, 0.3) is 0 Å². The van der Waals surface area contributed by atoms with Crippen LogP contribution in [-0.4, -0.2) is 41.4 Å². The monoisotopic (exact) mass is 389 g/mol. The Kier molecular flexibility index (Phi) is 4.93. The number of carbonyl (C=O) groups excluding carboxylic acids is 3. The summed E-state index contributed by atoms with van der Waals surface area (Å²) in [4.78, 5) is 37.3. The molecule has 4 aliphatic carbocycles. The standard InChI is InChI=1S/C21H27NO6/c1-3-26-18(23)16-11-22(12-17(16)19(24)27-4-2)20(25)28-21-8-13-5-14(9-21)7-15(6-13)10-21/h11-15H,3-10H2,1-2H3. The minimum absolute atomic E-state index is 0.0164. The smallest absolute Gasteiger partial charge is 0.418 e. The van der Waals surface area contributed by atoms with E-state index in [4.69, 9.17) is 14.2 Å². The Bertz CT molecular complexity index is 724. The lowest BCUT2D eigenvalue weighted by Gasteiger charge is -2.55. The Morgan fingerprint density at radius 3 is 1.71 bits per heavy atom. The SMILES string of the molecule is CCOC(=O)c1cn(C(=O)OC23CC4CC(CC(C4)C2)C3)cc1C(=O)OCC. The molecule has 0 aromatic carbocycles. The second-order valence-electron chi connectivity index (χ2n) is 8.40. The predicted octanol–water partition coefficient (Wildman–Crippen LogP) is 3.80. The molecule has 1 heterocycles. The van der Waals surface area contributed by atoms with Gasteiger partial charge in [0.2, 0.25) is 0 Å². The number of esters is 2. The Morgan fingerprint density at radius 1 is 0.893 bits per heavy atom. The zero-order valence-electron chi connectivity index (χ0n) is 16.4. The van der Waals surface area contributed by atoms with Gasteiger partial charge in [-0.15, -0.1) is 0 Å². The number of hydrogen-bond acceptors (Lipinski definition) is 6. The van der Waals surface area contributed by atoms with E-state index < -0.39 is 23.6 Å². The summed E-state index contributed by atoms with van der Waals surface area (Å²) in [5.41, 5.74) is -0.366. The van der Waals surface area contributed by atoms with Crippen LogP contribution in [0.4, 0.5) is 4.79 Å². The molecule has 5 rings (SSSR count). The van der Waals surface area contributed by atoms with Gasteiger partial charge in [-0.2, -0.15) is 0 Å². The van der Waals surface area contributed by atoms with Gasteiger partial charge in [0.05, 0.1) is 24.3 Å². The van der Waals surface area contributed by atoms with Crippen LogP contribution in [0.2, 0.25) is 0 Å². The third-order valence-electron chi connectivity index (χ3n) is 6.31. The van der Waals surface area contributed by atoms with E-state index in [1.165, 1.54) is 36.2 Å². The Hall–Kier alpha value is -2.31. The molecule has 1 aromatic heterocycles. The van der Waals surface area contributed by atoms with Crippen LogP contribution in [0, 0.1) is 17.8 Å². The van der Waals surface area contributed by atoms with Gasteiger partial charge in [0.15, 0.2) is 0 Å². The normalized spacial score (nSPS) is 30.1. The van der Waals surface area contributed by atoms with Crippen molar-refractivity contribution >= 4 is 18.0 Å². The lowest BCUT2D eigenvalue weighted by atomic mass is 9.54. The van der Waals surface area contributed by atoms with Gasteiger partial charge in [0.1, 0.15) is 5.60 Å².